The molecular formula is C14H10ClNO2. The van der Waals surface area contributed by atoms with E-state index in [0.29, 0.717) is 17.1 Å². The summed E-state index contributed by atoms with van der Waals surface area (Å²) < 4.78 is 5.63. The topological polar surface area (TPSA) is 39.2 Å². The first kappa shape index (κ1) is 11.2. The number of fused-ring (bicyclic) bond motifs is 1. The first-order valence-electron chi connectivity index (χ1n) is 5.64. The zero-order chi connectivity index (χ0) is 12.5. The molecule has 0 saturated heterocycles. The molecule has 4 heteroatoms. The maximum absolute atomic E-state index is 12.2. The van der Waals surface area contributed by atoms with Crippen molar-refractivity contribution in [3.05, 3.63) is 58.9 Å². The number of carbonyl (C=O) groups is 1. The number of Topliss-reactive ketones (excluding diaryl/α,β-unsaturated/α-hetero) is 1. The molecule has 90 valence electrons. The van der Waals surface area contributed by atoms with Crippen molar-refractivity contribution in [2.75, 3.05) is 0 Å². The molecule has 0 saturated carbocycles. The van der Waals surface area contributed by atoms with Gasteiger partial charge in [-0.25, -0.2) is 0 Å². The highest BCUT2D eigenvalue weighted by atomic mass is 35.5. The number of pyridine rings is 1. The maximum Gasteiger partial charge on any atom is 0.221 e. The fraction of sp³-hybridized carbons (Fsp3) is 0.143. The number of ketones is 1. The van der Waals surface area contributed by atoms with Crippen LogP contribution in [0.5, 0.6) is 5.75 Å². The maximum atomic E-state index is 12.2. The molecule has 0 amide bonds. The molecule has 0 bridgehead atoms. The minimum atomic E-state index is -0.492. The first-order chi connectivity index (χ1) is 8.74. The molecule has 3 nitrogen and oxygen atoms in total. The summed E-state index contributed by atoms with van der Waals surface area (Å²) in [6.07, 6.45) is 1.66. The molecule has 0 N–H and O–H groups in total. The largest absolute Gasteiger partial charge is 0.482 e. The third-order valence-electron chi connectivity index (χ3n) is 2.91. The second-order valence-electron chi connectivity index (χ2n) is 4.14. The summed E-state index contributed by atoms with van der Waals surface area (Å²) >= 11 is 5.91. The molecule has 0 fully saturated rings. The fourth-order valence-electron chi connectivity index (χ4n) is 2.04. The van der Waals surface area contributed by atoms with Crippen LogP contribution >= 0.6 is 11.6 Å². The predicted molar refractivity (Wildman–Crippen MR) is 68.1 cm³/mol. The molecule has 18 heavy (non-hydrogen) atoms. The van der Waals surface area contributed by atoms with Crippen LogP contribution in [0.3, 0.4) is 0 Å². The van der Waals surface area contributed by atoms with Gasteiger partial charge >= 0.3 is 0 Å². The second-order valence-corrected chi connectivity index (χ2v) is 4.58. The Kier molecular flexibility index (Phi) is 2.76. The van der Waals surface area contributed by atoms with E-state index in [-0.39, 0.29) is 5.78 Å². The lowest BCUT2D eigenvalue weighted by molar-refractivity contribution is 0.0819. The summed E-state index contributed by atoms with van der Waals surface area (Å²) in [5, 5.41) is 0.656. The van der Waals surface area contributed by atoms with Gasteiger partial charge in [0.2, 0.25) is 5.78 Å². The quantitative estimate of drug-likeness (QED) is 0.779. The zero-order valence-electron chi connectivity index (χ0n) is 9.47. The number of halogens is 1. The molecule has 1 aromatic carbocycles. The third-order valence-corrected chi connectivity index (χ3v) is 3.14. The molecular weight excluding hydrogens is 250 g/mol. The molecule has 0 radical (unpaired) electrons. The van der Waals surface area contributed by atoms with Gasteiger partial charge < -0.3 is 4.74 Å². The van der Waals surface area contributed by atoms with Gasteiger partial charge in [-0.2, -0.15) is 0 Å². The van der Waals surface area contributed by atoms with Gasteiger partial charge in [0.15, 0.2) is 6.10 Å². The number of rotatable bonds is 2. The summed E-state index contributed by atoms with van der Waals surface area (Å²) in [5.41, 5.74) is 1.40. The number of benzene rings is 1. The Morgan fingerprint density at radius 2 is 2.22 bits per heavy atom. The number of hydrogen-bond acceptors (Lipinski definition) is 3. The summed E-state index contributed by atoms with van der Waals surface area (Å²) in [4.78, 5) is 16.2. The molecule has 3 rings (SSSR count). The molecule has 1 unspecified atom stereocenters. The van der Waals surface area contributed by atoms with Crippen LogP contribution in [-0.4, -0.2) is 16.9 Å². The predicted octanol–water partition coefficient (Wildman–Crippen LogP) is 2.92. The molecule has 1 aliphatic heterocycles. The normalized spacial score (nSPS) is 17.1. The molecule has 1 aromatic heterocycles. The van der Waals surface area contributed by atoms with Crippen molar-refractivity contribution >= 4 is 17.4 Å². The van der Waals surface area contributed by atoms with Gasteiger partial charge in [0.1, 0.15) is 11.4 Å². The van der Waals surface area contributed by atoms with E-state index in [4.69, 9.17) is 16.3 Å². The minimum absolute atomic E-state index is 0.0945. The van der Waals surface area contributed by atoms with Gasteiger partial charge in [0.05, 0.1) is 0 Å². The number of aromatic nitrogens is 1. The molecule has 1 aliphatic rings. The van der Waals surface area contributed by atoms with E-state index in [1.807, 2.05) is 6.07 Å². The van der Waals surface area contributed by atoms with E-state index in [9.17, 15) is 4.79 Å². The van der Waals surface area contributed by atoms with Crippen molar-refractivity contribution in [1.82, 2.24) is 4.98 Å². The Bertz CT molecular complexity index is 598. The van der Waals surface area contributed by atoms with Crippen molar-refractivity contribution in [2.24, 2.45) is 0 Å². The highest BCUT2D eigenvalue weighted by molar-refractivity contribution is 6.30. The van der Waals surface area contributed by atoms with Crippen molar-refractivity contribution in [2.45, 2.75) is 12.5 Å². The SMILES string of the molecule is O=C(c1ccccn1)C1Cc2cc(Cl)ccc2O1. The average Bonchev–Trinajstić information content (AvgIpc) is 2.81. The van der Waals surface area contributed by atoms with Crippen LogP contribution in [0.1, 0.15) is 16.1 Å². The Balaban J connectivity index is 1.84. The summed E-state index contributed by atoms with van der Waals surface area (Å²) in [6.45, 7) is 0. The molecule has 2 aromatic rings. The average molecular weight is 260 g/mol. The lowest BCUT2D eigenvalue weighted by Gasteiger charge is -2.08. The van der Waals surface area contributed by atoms with Gasteiger partial charge in [-0.1, -0.05) is 17.7 Å². The van der Waals surface area contributed by atoms with Crippen LogP contribution in [0.15, 0.2) is 42.6 Å². The second kappa shape index (κ2) is 4.42. The lowest BCUT2D eigenvalue weighted by atomic mass is 10.1. The van der Waals surface area contributed by atoms with Crippen molar-refractivity contribution < 1.29 is 9.53 Å². The Morgan fingerprint density at radius 1 is 1.33 bits per heavy atom. The molecule has 1 atom stereocenters. The zero-order valence-corrected chi connectivity index (χ0v) is 10.2. The van der Waals surface area contributed by atoms with Gasteiger partial charge in [0, 0.05) is 17.6 Å². The van der Waals surface area contributed by atoms with E-state index in [2.05, 4.69) is 4.98 Å². The number of hydrogen-bond donors (Lipinski definition) is 0. The molecule has 2 heterocycles. The molecule has 0 spiro atoms. The van der Waals surface area contributed by atoms with E-state index in [1.165, 1.54) is 0 Å². The van der Waals surface area contributed by atoms with E-state index >= 15 is 0 Å². The Morgan fingerprint density at radius 3 is 3.00 bits per heavy atom. The van der Waals surface area contributed by atoms with Crippen LogP contribution in [0, 0.1) is 0 Å². The summed E-state index contributed by atoms with van der Waals surface area (Å²) in [7, 11) is 0. The smallest absolute Gasteiger partial charge is 0.221 e. The van der Waals surface area contributed by atoms with Crippen molar-refractivity contribution in [3.63, 3.8) is 0 Å². The number of carbonyl (C=O) groups excluding carboxylic acids is 1. The van der Waals surface area contributed by atoms with Crippen LogP contribution in [0.4, 0.5) is 0 Å². The van der Waals surface area contributed by atoms with E-state index < -0.39 is 6.10 Å². The highest BCUT2D eigenvalue weighted by Crippen LogP contribution is 2.31. The van der Waals surface area contributed by atoms with Crippen LogP contribution < -0.4 is 4.74 Å². The summed E-state index contributed by atoms with van der Waals surface area (Å²) in [5.74, 6) is 0.636. The van der Waals surface area contributed by atoms with E-state index in [1.54, 1.807) is 36.5 Å². The Hall–Kier alpha value is -1.87. The lowest BCUT2D eigenvalue weighted by Crippen LogP contribution is -2.26. The van der Waals surface area contributed by atoms with Gasteiger partial charge in [-0.05, 0) is 35.9 Å². The van der Waals surface area contributed by atoms with Crippen LogP contribution in [0.2, 0.25) is 5.02 Å². The standard InChI is InChI=1S/C14H10ClNO2/c15-10-4-5-12-9(7-10)8-13(18-12)14(17)11-3-1-2-6-16-11/h1-7,13H,8H2. The van der Waals surface area contributed by atoms with Crippen molar-refractivity contribution in [1.29, 1.82) is 0 Å². The van der Waals surface area contributed by atoms with Gasteiger partial charge in [0.25, 0.3) is 0 Å². The van der Waals surface area contributed by atoms with Gasteiger partial charge in [-0.15, -0.1) is 0 Å². The van der Waals surface area contributed by atoms with Gasteiger partial charge in [-0.3, -0.25) is 9.78 Å². The van der Waals surface area contributed by atoms with E-state index in [0.717, 1.165) is 11.3 Å². The highest BCUT2D eigenvalue weighted by Gasteiger charge is 2.30. The first-order valence-corrected chi connectivity index (χ1v) is 6.02. The summed E-state index contributed by atoms with van der Waals surface area (Å²) in [6, 6.07) is 10.7. The monoisotopic (exact) mass is 259 g/mol. The number of ether oxygens (including phenoxy) is 1. The fourth-order valence-corrected chi connectivity index (χ4v) is 2.23. The van der Waals surface area contributed by atoms with Crippen LogP contribution in [0.25, 0.3) is 0 Å². The van der Waals surface area contributed by atoms with Crippen molar-refractivity contribution in [3.8, 4) is 5.75 Å². The third kappa shape index (κ3) is 1.97. The Labute approximate surface area is 109 Å². The molecule has 0 aliphatic carbocycles. The number of nitrogens with zero attached hydrogens (tertiary/aromatic N) is 1. The van der Waals surface area contributed by atoms with Crippen LogP contribution in [-0.2, 0) is 6.42 Å². The minimum Gasteiger partial charge on any atom is -0.482 e.